The minimum atomic E-state index is 0.00127. The molecule has 4 heteroatoms. The molecular weight excluding hydrogens is 218 g/mol. The van der Waals surface area contributed by atoms with E-state index in [9.17, 15) is 0 Å². The van der Waals surface area contributed by atoms with Crippen LogP contribution in [-0.2, 0) is 14.2 Å². The predicted octanol–water partition coefficient (Wildman–Crippen LogP) is 1.34. The first-order chi connectivity index (χ1) is 8.28. The Labute approximate surface area is 104 Å². The van der Waals surface area contributed by atoms with E-state index in [-0.39, 0.29) is 5.60 Å². The Hall–Kier alpha value is -0.160. The van der Waals surface area contributed by atoms with E-state index in [1.54, 1.807) is 7.11 Å². The highest BCUT2D eigenvalue weighted by Gasteiger charge is 2.41. The van der Waals surface area contributed by atoms with Crippen LogP contribution in [0.4, 0.5) is 0 Å². The van der Waals surface area contributed by atoms with Crippen LogP contribution in [0.15, 0.2) is 0 Å². The molecule has 2 aliphatic rings. The molecule has 3 unspecified atom stereocenters. The summed E-state index contributed by atoms with van der Waals surface area (Å²) in [5, 5.41) is 3.70. The highest BCUT2D eigenvalue weighted by molar-refractivity contribution is 4.93. The second kappa shape index (κ2) is 6.14. The van der Waals surface area contributed by atoms with Crippen LogP contribution in [0.2, 0.25) is 0 Å². The standard InChI is InChI=1S/C13H25NO3/c1-3-11(9-15-2)14-12-4-6-17-13(8-12)5-7-16-10-13/h11-12,14H,3-10H2,1-2H3. The first kappa shape index (κ1) is 13.3. The van der Waals surface area contributed by atoms with Gasteiger partial charge in [-0.3, -0.25) is 0 Å². The highest BCUT2D eigenvalue weighted by Crippen LogP contribution is 2.32. The highest BCUT2D eigenvalue weighted by atomic mass is 16.6. The largest absolute Gasteiger partial charge is 0.383 e. The molecule has 2 fully saturated rings. The zero-order valence-corrected chi connectivity index (χ0v) is 11.0. The fourth-order valence-corrected chi connectivity index (χ4v) is 2.85. The quantitative estimate of drug-likeness (QED) is 0.791. The molecule has 100 valence electrons. The Morgan fingerprint density at radius 3 is 3.00 bits per heavy atom. The van der Waals surface area contributed by atoms with E-state index in [4.69, 9.17) is 14.2 Å². The van der Waals surface area contributed by atoms with Crippen molar-refractivity contribution in [2.45, 2.75) is 50.3 Å². The Bertz CT molecular complexity index is 229. The average molecular weight is 243 g/mol. The minimum absolute atomic E-state index is 0.00127. The Balaban J connectivity index is 1.84. The van der Waals surface area contributed by atoms with Gasteiger partial charge in [0.15, 0.2) is 0 Å². The van der Waals surface area contributed by atoms with E-state index in [0.29, 0.717) is 12.1 Å². The molecule has 1 N–H and O–H groups in total. The lowest BCUT2D eigenvalue weighted by Gasteiger charge is -2.38. The van der Waals surface area contributed by atoms with Crippen LogP contribution in [0.1, 0.15) is 32.6 Å². The van der Waals surface area contributed by atoms with Crippen LogP contribution in [0.3, 0.4) is 0 Å². The molecule has 1 spiro atoms. The molecule has 0 amide bonds. The molecule has 4 nitrogen and oxygen atoms in total. The van der Waals surface area contributed by atoms with E-state index in [1.807, 2.05) is 0 Å². The van der Waals surface area contributed by atoms with Gasteiger partial charge in [-0.05, 0) is 19.3 Å². The van der Waals surface area contributed by atoms with Crippen LogP contribution >= 0.6 is 0 Å². The molecular formula is C13H25NO3. The summed E-state index contributed by atoms with van der Waals surface area (Å²) in [6.07, 6.45) is 4.33. The third-order valence-electron chi connectivity index (χ3n) is 3.89. The maximum Gasteiger partial charge on any atom is 0.0951 e. The smallest absolute Gasteiger partial charge is 0.0951 e. The molecule has 2 rings (SSSR count). The summed E-state index contributed by atoms with van der Waals surface area (Å²) in [5.41, 5.74) is 0.00127. The molecule has 0 aromatic heterocycles. The van der Waals surface area contributed by atoms with E-state index < -0.39 is 0 Å². The topological polar surface area (TPSA) is 39.7 Å². The Morgan fingerprint density at radius 1 is 1.47 bits per heavy atom. The van der Waals surface area contributed by atoms with Crippen molar-refractivity contribution in [2.75, 3.05) is 33.5 Å². The molecule has 2 heterocycles. The van der Waals surface area contributed by atoms with Crippen molar-refractivity contribution < 1.29 is 14.2 Å². The number of ether oxygens (including phenoxy) is 3. The average Bonchev–Trinajstić information content (AvgIpc) is 2.77. The number of nitrogens with one attached hydrogen (secondary N) is 1. The van der Waals surface area contributed by atoms with Crippen LogP contribution in [-0.4, -0.2) is 51.2 Å². The van der Waals surface area contributed by atoms with E-state index >= 15 is 0 Å². The van der Waals surface area contributed by atoms with E-state index in [0.717, 1.165) is 52.1 Å². The van der Waals surface area contributed by atoms with Crippen molar-refractivity contribution in [3.63, 3.8) is 0 Å². The molecule has 0 aliphatic carbocycles. The third-order valence-corrected chi connectivity index (χ3v) is 3.89. The summed E-state index contributed by atoms with van der Waals surface area (Å²) in [6.45, 7) is 5.46. The maximum atomic E-state index is 5.94. The monoisotopic (exact) mass is 243 g/mol. The van der Waals surface area contributed by atoms with Crippen molar-refractivity contribution >= 4 is 0 Å². The molecule has 2 aliphatic heterocycles. The summed E-state index contributed by atoms with van der Waals surface area (Å²) in [7, 11) is 1.76. The van der Waals surface area contributed by atoms with Gasteiger partial charge in [-0.2, -0.15) is 0 Å². The fourth-order valence-electron chi connectivity index (χ4n) is 2.85. The molecule has 0 aromatic carbocycles. The summed E-state index contributed by atoms with van der Waals surface area (Å²) < 4.78 is 16.7. The minimum Gasteiger partial charge on any atom is -0.383 e. The van der Waals surface area contributed by atoms with Gasteiger partial charge in [0.2, 0.25) is 0 Å². The van der Waals surface area contributed by atoms with Gasteiger partial charge in [-0.25, -0.2) is 0 Å². The summed E-state index contributed by atoms with van der Waals surface area (Å²) >= 11 is 0. The summed E-state index contributed by atoms with van der Waals surface area (Å²) in [6, 6.07) is 1.01. The van der Waals surface area contributed by atoms with Gasteiger partial charge in [0.1, 0.15) is 0 Å². The number of hydrogen-bond donors (Lipinski definition) is 1. The molecule has 17 heavy (non-hydrogen) atoms. The van der Waals surface area contributed by atoms with Crippen LogP contribution < -0.4 is 5.32 Å². The second-order valence-corrected chi connectivity index (χ2v) is 5.25. The van der Waals surface area contributed by atoms with Crippen molar-refractivity contribution in [2.24, 2.45) is 0 Å². The van der Waals surface area contributed by atoms with Gasteiger partial charge in [0.25, 0.3) is 0 Å². The summed E-state index contributed by atoms with van der Waals surface area (Å²) in [5.74, 6) is 0. The molecule has 2 saturated heterocycles. The van der Waals surface area contributed by atoms with E-state index in [2.05, 4.69) is 12.2 Å². The van der Waals surface area contributed by atoms with Crippen molar-refractivity contribution in [1.29, 1.82) is 0 Å². The van der Waals surface area contributed by atoms with Gasteiger partial charge in [0.05, 0.1) is 18.8 Å². The molecule has 3 atom stereocenters. The first-order valence-electron chi connectivity index (χ1n) is 6.75. The van der Waals surface area contributed by atoms with Gasteiger partial charge in [-0.1, -0.05) is 6.92 Å². The normalized spacial score (nSPS) is 35.3. The fraction of sp³-hybridized carbons (Fsp3) is 1.00. The van der Waals surface area contributed by atoms with Crippen molar-refractivity contribution in [1.82, 2.24) is 5.32 Å². The molecule has 0 saturated carbocycles. The van der Waals surface area contributed by atoms with Crippen LogP contribution in [0, 0.1) is 0 Å². The summed E-state index contributed by atoms with van der Waals surface area (Å²) in [4.78, 5) is 0. The maximum absolute atomic E-state index is 5.94. The second-order valence-electron chi connectivity index (χ2n) is 5.25. The first-order valence-corrected chi connectivity index (χ1v) is 6.75. The van der Waals surface area contributed by atoms with Crippen molar-refractivity contribution in [3.05, 3.63) is 0 Å². The third kappa shape index (κ3) is 3.41. The lowest BCUT2D eigenvalue weighted by atomic mass is 9.89. The van der Waals surface area contributed by atoms with Gasteiger partial charge < -0.3 is 19.5 Å². The lowest BCUT2D eigenvalue weighted by molar-refractivity contribution is -0.0910. The SMILES string of the molecule is CCC(COC)NC1CCOC2(CCOC2)C1. The number of methoxy groups -OCH3 is 1. The van der Waals surface area contributed by atoms with Crippen LogP contribution in [0.5, 0.6) is 0 Å². The molecule has 0 bridgehead atoms. The van der Waals surface area contributed by atoms with Crippen molar-refractivity contribution in [3.8, 4) is 0 Å². The number of rotatable bonds is 5. The van der Waals surface area contributed by atoms with E-state index in [1.165, 1.54) is 0 Å². The predicted molar refractivity (Wildman–Crippen MR) is 66.2 cm³/mol. The van der Waals surface area contributed by atoms with Crippen LogP contribution in [0.25, 0.3) is 0 Å². The molecule has 0 radical (unpaired) electrons. The zero-order valence-electron chi connectivity index (χ0n) is 11.0. The number of hydrogen-bond acceptors (Lipinski definition) is 4. The lowest BCUT2D eigenvalue weighted by Crippen LogP contribution is -2.50. The zero-order chi connectivity index (χ0) is 12.1. The Kier molecular flexibility index (Phi) is 4.79. The van der Waals surface area contributed by atoms with Gasteiger partial charge in [-0.15, -0.1) is 0 Å². The van der Waals surface area contributed by atoms with Gasteiger partial charge in [0, 0.05) is 38.8 Å². The Morgan fingerprint density at radius 2 is 2.35 bits per heavy atom. The van der Waals surface area contributed by atoms with Gasteiger partial charge >= 0.3 is 0 Å². The molecule has 0 aromatic rings.